The minimum atomic E-state index is -0.102. The molecule has 0 heterocycles. The average Bonchev–Trinajstić information content (AvgIpc) is 2.58. The molecule has 0 saturated heterocycles. The van der Waals surface area contributed by atoms with Crippen molar-refractivity contribution in [2.45, 2.75) is 18.9 Å². The predicted molar refractivity (Wildman–Crippen MR) is 93.8 cm³/mol. The summed E-state index contributed by atoms with van der Waals surface area (Å²) in [6.45, 7) is 0.193. The number of aliphatic hydroxyl groups excluding tert-OH is 1. The van der Waals surface area contributed by atoms with Crippen LogP contribution in [-0.4, -0.2) is 30.8 Å². The van der Waals surface area contributed by atoms with Crippen LogP contribution >= 0.6 is 0 Å². The first-order valence-electron chi connectivity index (χ1n) is 8.12. The van der Waals surface area contributed by atoms with Gasteiger partial charge in [-0.15, -0.1) is 0 Å². The molecule has 1 amide bonds. The molecule has 1 aliphatic carbocycles. The quantitative estimate of drug-likeness (QED) is 0.763. The maximum atomic E-state index is 12.6. The van der Waals surface area contributed by atoms with Crippen LogP contribution in [0.4, 0.5) is 11.4 Å². The smallest absolute Gasteiger partial charge is 0.253 e. The second-order valence-corrected chi connectivity index (χ2v) is 6.06. The summed E-state index contributed by atoms with van der Waals surface area (Å²) in [5.74, 6) is 0.934. The summed E-state index contributed by atoms with van der Waals surface area (Å²) >= 11 is 0. The van der Waals surface area contributed by atoms with Gasteiger partial charge in [-0.3, -0.25) is 4.79 Å². The van der Waals surface area contributed by atoms with Crippen molar-refractivity contribution in [1.29, 1.82) is 0 Å². The molecule has 0 bridgehead atoms. The Balaban J connectivity index is 1.74. The number of rotatable bonds is 6. The molecule has 3 N–H and O–H groups in total. The van der Waals surface area contributed by atoms with Crippen LogP contribution in [0.5, 0.6) is 5.75 Å². The fourth-order valence-electron chi connectivity index (χ4n) is 2.95. The van der Waals surface area contributed by atoms with Gasteiger partial charge < -0.3 is 20.5 Å². The monoisotopic (exact) mass is 326 g/mol. The highest BCUT2D eigenvalue weighted by molar-refractivity contribution is 6.00. The molecule has 0 aliphatic heterocycles. The molecule has 24 heavy (non-hydrogen) atoms. The lowest BCUT2D eigenvalue weighted by Gasteiger charge is -2.34. The fourth-order valence-corrected chi connectivity index (χ4v) is 2.95. The molecule has 2 aromatic rings. The van der Waals surface area contributed by atoms with E-state index in [9.17, 15) is 4.79 Å². The van der Waals surface area contributed by atoms with Crippen LogP contribution in [0.1, 0.15) is 23.2 Å². The van der Waals surface area contributed by atoms with E-state index < -0.39 is 0 Å². The fraction of sp³-hybridized carbons (Fsp3) is 0.316. The van der Waals surface area contributed by atoms with E-state index in [4.69, 9.17) is 9.84 Å². The number of methoxy groups -OCH3 is 1. The van der Waals surface area contributed by atoms with Gasteiger partial charge in [0.15, 0.2) is 0 Å². The zero-order valence-electron chi connectivity index (χ0n) is 13.7. The minimum Gasteiger partial charge on any atom is -0.495 e. The van der Waals surface area contributed by atoms with Crippen LogP contribution in [0, 0.1) is 5.92 Å². The summed E-state index contributed by atoms with van der Waals surface area (Å²) in [7, 11) is 1.62. The van der Waals surface area contributed by atoms with E-state index in [1.807, 2.05) is 42.5 Å². The topological polar surface area (TPSA) is 70.6 Å². The molecule has 126 valence electrons. The minimum absolute atomic E-state index is 0.102. The van der Waals surface area contributed by atoms with E-state index in [-0.39, 0.29) is 18.6 Å². The molecular weight excluding hydrogens is 304 g/mol. The lowest BCUT2D eigenvalue weighted by Crippen LogP contribution is -2.45. The molecule has 1 aliphatic rings. The third kappa shape index (κ3) is 3.51. The number of amides is 1. The van der Waals surface area contributed by atoms with Crippen LogP contribution in [0.15, 0.2) is 48.5 Å². The van der Waals surface area contributed by atoms with Crippen molar-refractivity contribution in [2.75, 3.05) is 19.0 Å². The maximum Gasteiger partial charge on any atom is 0.253 e. The van der Waals surface area contributed by atoms with Crippen molar-refractivity contribution in [3.8, 4) is 5.75 Å². The van der Waals surface area contributed by atoms with Gasteiger partial charge in [-0.05, 0) is 43.0 Å². The van der Waals surface area contributed by atoms with Gasteiger partial charge in [0.1, 0.15) is 5.75 Å². The zero-order valence-corrected chi connectivity index (χ0v) is 13.7. The Morgan fingerprint density at radius 1 is 1.12 bits per heavy atom. The van der Waals surface area contributed by atoms with Gasteiger partial charge in [-0.2, -0.15) is 0 Å². The molecule has 3 rings (SSSR count). The Kier molecular flexibility index (Phi) is 5.01. The van der Waals surface area contributed by atoms with Gasteiger partial charge in [-0.1, -0.05) is 24.3 Å². The van der Waals surface area contributed by atoms with Gasteiger partial charge in [0, 0.05) is 12.6 Å². The first-order chi connectivity index (χ1) is 11.7. The van der Waals surface area contributed by atoms with Crippen molar-refractivity contribution in [3.63, 3.8) is 0 Å². The maximum absolute atomic E-state index is 12.6. The van der Waals surface area contributed by atoms with E-state index in [2.05, 4.69) is 10.6 Å². The number of anilines is 2. The van der Waals surface area contributed by atoms with Crippen LogP contribution in [0.25, 0.3) is 0 Å². The van der Waals surface area contributed by atoms with Crippen molar-refractivity contribution in [2.24, 2.45) is 5.92 Å². The summed E-state index contributed by atoms with van der Waals surface area (Å²) in [5, 5.41) is 15.4. The van der Waals surface area contributed by atoms with Gasteiger partial charge in [0.25, 0.3) is 5.91 Å². The first-order valence-corrected chi connectivity index (χ1v) is 8.12. The number of carbonyl (C=O) groups is 1. The van der Waals surface area contributed by atoms with Gasteiger partial charge in [0.05, 0.1) is 24.0 Å². The standard InChI is InChI=1S/C19H22N2O3/c1-24-18-9-5-4-8-17(18)21-16-7-3-2-6-15(16)19(23)20-14-10-13(11-14)12-22/h2-9,13-14,21-22H,10-12H2,1H3,(H,20,23). The van der Waals surface area contributed by atoms with Crippen LogP contribution in [0.2, 0.25) is 0 Å². The van der Waals surface area contributed by atoms with Gasteiger partial charge in [-0.25, -0.2) is 0 Å². The molecule has 0 unspecified atom stereocenters. The number of hydrogen-bond donors (Lipinski definition) is 3. The number of aliphatic hydroxyl groups is 1. The Labute approximate surface area is 141 Å². The van der Waals surface area contributed by atoms with E-state index >= 15 is 0 Å². The molecule has 0 aromatic heterocycles. The predicted octanol–water partition coefficient (Wildman–Crippen LogP) is 2.94. The Morgan fingerprint density at radius 2 is 1.79 bits per heavy atom. The number of benzene rings is 2. The first kappa shape index (κ1) is 16.3. The van der Waals surface area contributed by atoms with E-state index in [0.29, 0.717) is 11.5 Å². The molecule has 0 atom stereocenters. The Bertz CT molecular complexity index is 711. The molecule has 0 radical (unpaired) electrons. The lowest BCUT2D eigenvalue weighted by atomic mass is 9.81. The van der Waals surface area contributed by atoms with Crippen molar-refractivity contribution in [3.05, 3.63) is 54.1 Å². The largest absolute Gasteiger partial charge is 0.495 e. The molecule has 1 saturated carbocycles. The SMILES string of the molecule is COc1ccccc1Nc1ccccc1C(=O)NC1CC(CO)C1. The molecule has 1 fully saturated rings. The van der Waals surface area contributed by atoms with E-state index in [1.54, 1.807) is 13.2 Å². The van der Waals surface area contributed by atoms with Gasteiger partial charge in [0.2, 0.25) is 0 Å². The van der Waals surface area contributed by atoms with E-state index in [1.165, 1.54) is 0 Å². The van der Waals surface area contributed by atoms with Crippen molar-refractivity contribution >= 4 is 17.3 Å². The molecule has 5 heteroatoms. The summed E-state index contributed by atoms with van der Waals surface area (Å²) in [6.07, 6.45) is 1.68. The average molecular weight is 326 g/mol. The van der Waals surface area contributed by atoms with Crippen LogP contribution in [0.3, 0.4) is 0 Å². The van der Waals surface area contributed by atoms with Crippen LogP contribution in [-0.2, 0) is 0 Å². The Hall–Kier alpha value is -2.53. The summed E-state index contributed by atoms with van der Waals surface area (Å²) in [4.78, 5) is 12.6. The second-order valence-electron chi connectivity index (χ2n) is 6.06. The number of para-hydroxylation sites is 3. The van der Waals surface area contributed by atoms with Crippen molar-refractivity contribution < 1.29 is 14.6 Å². The number of hydrogen-bond acceptors (Lipinski definition) is 4. The number of carbonyl (C=O) groups excluding carboxylic acids is 1. The Morgan fingerprint density at radius 3 is 2.50 bits per heavy atom. The molecule has 2 aromatic carbocycles. The molecular formula is C19H22N2O3. The highest BCUT2D eigenvalue weighted by Gasteiger charge is 2.30. The summed E-state index contributed by atoms with van der Waals surface area (Å²) in [6, 6.07) is 15.1. The second kappa shape index (κ2) is 7.36. The zero-order chi connectivity index (χ0) is 16.9. The third-order valence-corrected chi connectivity index (χ3v) is 4.38. The lowest BCUT2D eigenvalue weighted by molar-refractivity contribution is 0.0833. The highest BCUT2D eigenvalue weighted by atomic mass is 16.5. The number of nitrogens with one attached hydrogen (secondary N) is 2. The molecule has 0 spiro atoms. The number of ether oxygens (including phenoxy) is 1. The van der Waals surface area contributed by atoms with Gasteiger partial charge >= 0.3 is 0 Å². The highest BCUT2D eigenvalue weighted by Crippen LogP contribution is 2.30. The van der Waals surface area contributed by atoms with E-state index in [0.717, 1.165) is 30.0 Å². The normalized spacial score (nSPS) is 19.2. The molecule has 5 nitrogen and oxygen atoms in total. The van der Waals surface area contributed by atoms with Crippen LogP contribution < -0.4 is 15.4 Å². The summed E-state index contributed by atoms with van der Waals surface area (Å²) in [5.41, 5.74) is 2.14. The third-order valence-electron chi connectivity index (χ3n) is 4.38. The summed E-state index contributed by atoms with van der Waals surface area (Å²) < 4.78 is 5.35. The van der Waals surface area contributed by atoms with Crippen molar-refractivity contribution in [1.82, 2.24) is 5.32 Å².